The number of amides is 1. The van der Waals surface area contributed by atoms with Gasteiger partial charge in [0.2, 0.25) is 5.43 Å². The fraction of sp³-hybridized carbons (Fsp3) is 0.105. The predicted octanol–water partition coefficient (Wildman–Crippen LogP) is 2.53. The number of nitrogens with zero attached hydrogens (tertiary/aromatic N) is 1. The lowest BCUT2D eigenvalue weighted by molar-refractivity contribution is 0.0954. The number of phenolic OH excluding ortho intramolecular Hbond substituents is 2. The molecule has 1 heterocycles. The van der Waals surface area contributed by atoms with E-state index in [-0.39, 0.29) is 22.3 Å². The summed E-state index contributed by atoms with van der Waals surface area (Å²) in [7, 11) is 0. The normalized spacial score (nSPS) is 11.1. The number of nitrogens with one attached hydrogen (secondary N) is 1. The maximum Gasteiger partial charge on any atom is 0.271 e. The van der Waals surface area contributed by atoms with Crippen molar-refractivity contribution in [2.45, 2.75) is 13.3 Å². The maximum absolute atomic E-state index is 12.5. The molecule has 0 bridgehead atoms. The number of carbonyl (C=O) groups excluding carboxylic acids is 1. The van der Waals surface area contributed by atoms with Gasteiger partial charge in [-0.25, -0.2) is 5.43 Å². The zero-order valence-corrected chi connectivity index (χ0v) is 13.9. The molecule has 132 valence electrons. The second-order valence-corrected chi connectivity index (χ2v) is 5.61. The minimum absolute atomic E-state index is 0.107. The zero-order chi connectivity index (χ0) is 18.7. The van der Waals surface area contributed by atoms with Gasteiger partial charge in [-0.15, -0.1) is 0 Å². The Morgan fingerprint density at radius 3 is 2.73 bits per heavy atom. The summed E-state index contributed by atoms with van der Waals surface area (Å²) in [6.07, 6.45) is 3.27. The van der Waals surface area contributed by atoms with Crippen LogP contribution >= 0.6 is 0 Å². The Labute approximate surface area is 148 Å². The van der Waals surface area contributed by atoms with Crippen molar-refractivity contribution < 1.29 is 19.4 Å². The summed E-state index contributed by atoms with van der Waals surface area (Å²) in [5.41, 5.74) is 3.79. The molecular weight excluding hydrogens is 336 g/mol. The van der Waals surface area contributed by atoms with Crippen molar-refractivity contribution in [1.29, 1.82) is 0 Å². The molecule has 0 atom stereocenters. The summed E-state index contributed by atoms with van der Waals surface area (Å²) < 4.78 is 5.43. The third kappa shape index (κ3) is 3.41. The van der Waals surface area contributed by atoms with Crippen LogP contribution in [-0.2, 0) is 6.42 Å². The number of hydrogen-bond donors (Lipinski definition) is 3. The van der Waals surface area contributed by atoms with Crippen molar-refractivity contribution in [2.24, 2.45) is 5.10 Å². The molecule has 0 aliphatic heterocycles. The van der Waals surface area contributed by atoms with Gasteiger partial charge in [0.25, 0.3) is 5.91 Å². The Morgan fingerprint density at radius 2 is 2.00 bits per heavy atom. The van der Waals surface area contributed by atoms with Crippen molar-refractivity contribution in [3.8, 4) is 11.5 Å². The van der Waals surface area contributed by atoms with Gasteiger partial charge in [0.05, 0.1) is 17.2 Å². The van der Waals surface area contributed by atoms with Crippen LogP contribution in [0.1, 0.15) is 28.4 Å². The standard InChI is InChI=1S/C19H16N2O5/c1-2-11-3-6-17-14(7-11)18(24)13(10-26-17)9-20-21-19(25)12-4-5-15(22)16(23)8-12/h3-10,22-23H,2H2,1H3,(H,21,25)/b20-9+. The molecule has 3 aromatic rings. The van der Waals surface area contributed by atoms with E-state index in [4.69, 9.17) is 4.42 Å². The second kappa shape index (κ2) is 7.10. The van der Waals surface area contributed by atoms with Crippen LogP contribution in [0.5, 0.6) is 11.5 Å². The molecule has 2 aromatic carbocycles. The van der Waals surface area contributed by atoms with Crippen LogP contribution in [0.3, 0.4) is 0 Å². The highest BCUT2D eigenvalue weighted by Crippen LogP contribution is 2.24. The number of aryl methyl sites for hydroxylation is 1. The van der Waals surface area contributed by atoms with Crippen molar-refractivity contribution in [2.75, 3.05) is 0 Å². The highest BCUT2D eigenvalue weighted by atomic mass is 16.3. The van der Waals surface area contributed by atoms with Gasteiger partial charge in [0.1, 0.15) is 11.8 Å². The summed E-state index contributed by atoms with van der Waals surface area (Å²) in [6.45, 7) is 1.99. The van der Waals surface area contributed by atoms with Gasteiger partial charge in [0.15, 0.2) is 11.5 Å². The number of fused-ring (bicyclic) bond motifs is 1. The number of aromatic hydroxyl groups is 2. The lowest BCUT2D eigenvalue weighted by Crippen LogP contribution is -2.18. The van der Waals surface area contributed by atoms with Gasteiger partial charge in [-0.1, -0.05) is 13.0 Å². The third-order valence-corrected chi connectivity index (χ3v) is 3.88. The van der Waals surface area contributed by atoms with Gasteiger partial charge in [-0.2, -0.15) is 5.10 Å². The van der Waals surface area contributed by atoms with Crippen LogP contribution < -0.4 is 10.9 Å². The number of rotatable bonds is 4. The van der Waals surface area contributed by atoms with Crippen LogP contribution in [0.2, 0.25) is 0 Å². The van der Waals surface area contributed by atoms with Gasteiger partial charge < -0.3 is 14.6 Å². The predicted molar refractivity (Wildman–Crippen MR) is 96.7 cm³/mol. The van der Waals surface area contributed by atoms with Crippen LogP contribution in [0.15, 0.2) is 57.0 Å². The topological polar surface area (TPSA) is 112 Å². The molecule has 3 N–H and O–H groups in total. The van der Waals surface area contributed by atoms with E-state index in [1.165, 1.54) is 24.6 Å². The van der Waals surface area contributed by atoms with E-state index in [2.05, 4.69) is 10.5 Å². The smallest absolute Gasteiger partial charge is 0.271 e. The quantitative estimate of drug-likeness (QED) is 0.379. The fourth-order valence-electron chi connectivity index (χ4n) is 2.39. The molecule has 0 aliphatic carbocycles. The monoisotopic (exact) mass is 352 g/mol. The molecule has 0 spiro atoms. The van der Waals surface area contributed by atoms with Gasteiger partial charge >= 0.3 is 0 Å². The van der Waals surface area contributed by atoms with E-state index in [0.717, 1.165) is 18.1 Å². The van der Waals surface area contributed by atoms with Crippen molar-refractivity contribution in [3.05, 3.63) is 69.6 Å². The molecule has 0 fully saturated rings. The lowest BCUT2D eigenvalue weighted by atomic mass is 10.1. The van der Waals surface area contributed by atoms with Gasteiger partial charge in [0, 0.05) is 5.56 Å². The molecule has 0 unspecified atom stereocenters. The fourth-order valence-corrected chi connectivity index (χ4v) is 2.39. The SMILES string of the molecule is CCc1ccc2occ(/C=N/NC(=O)c3ccc(O)c(O)c3)c(=O)c2c1. The Kier molecular flexibility index (Phi) is 4.70. The van der Waals surface area contributed by atoms with Crippen LogP contribution in [0, 0.1) is 0 Å². The first kappa shape index (κ1) is 17.2. The lowest BCUT2D eigenvalue weighted by Gasteiger charge is -2.03. The molecular formula is C19H16N2O5. The van der Waals surface area contributed by atoms with Gasteiger partial charge in [-0.05, 0) is 42.3 Å². The Bertz CT molecular complexity index is 1070. The van der Waals surface area contributed by atoms with E-state index in [9.17, 15) is 19.8 Å². The minimum atomic E-state index is -0.602. The largest absolute Gasteiger partial charge is 0.504 e. The van der Waals surface area contributed by atoms with E-state index >= 15 is 0 Å². The number of phenols is 2. The van der Waals surface area contributed by atoms with E-state index in [1.807, 2.05) is 13.0 Å². The van der Waals surface area contributed by atoms with Crippen molar-refractivity contribution in [1.82, 2.24) is 5.43 Å². The highest BCUT2D eigenvalue weighted by molar-refractivity contribution is 5.95. The average molecular weight is 352 g/mol. The first-order valence-corrected chi connectivity index (χ1v) is 7.89. The molecule has 26 heavy (non-hydrogen) atoms. The molecule has 1 amide bonds. The Hall–Kier alpha value is -3.61. The Morgan fingerprint density at radius 1 is 1.19 bits per heavy atom. The highest BCUT2D eigenvalue weighted by Gasteiger charge is 2.09. The number of hydrazone groups is 1. The summed E-state index contributed by atoms with van der Waals surface area (Å²) in [5, 5.41) is 22.9. The molecule has 0 radical (unpaired) electrons. The molecule has 0 saturated carbocycles. The van der Waals surface area contributed by atoms with Crippen LogP contribution in [-0.4, -0.2) is 22.3 Å². The third-order valence-electron chi connectivity index (χ3n) is 3.88. The van der Waals surface area contributed by atoms with E-state index < -0.39 is 11.7 Å². The van der Waals surface area contributed by atoms with Gasteiger partial charge in [-0.3, -0.25) is 9.59 Å². The Balaban J connectivity index is 1.81. The molecule has 1 aromatic heterocycles. The first-order valence-electron chi connectivity index (χ1n) is 7.89. The zero-order valence-electron chi connectivity index (χ0n) is 13.9. The maximum atomic E-state index is 12.5. The number of hydrogen-bond acceptors (Lipinski definition) is 6. The van der Waals surface area contributed by atoms with Crippen LogP contribution in [0.25, 0.3) is 11.0 Å². The summed E-state index contributed by atoms with van der Waals surface area (Å²) in [5.74, 6) is -1.34. The first-order chi connectivity index (χ1) is 12.5. The molecule has 3 rings (SSSR count). The average Bonchev–Trinajstić information content (AvgIpc) is 2.65. The summed E-state index contributed by atoms with van der Waals surface area (Å²) in [4.78, 5) is 24.5. The number of benzene rings is 2. The number of carbonyl (C=O) groups is 1. The summed E-state index contributed by atoms with van der Waals surface area (Å²) in [6, 6.07) is 9.04. The molecule has 7 heteroatoms. The van der Waals surface area contributed by atoms with Crippen molar-refractivity contribution in [3.63, 3.8) is 0 Å². The van der Waals surface area contributed by atoms with Crippen LogP contribution in [0.4, 0.5) is 0 Å². The van der Waals surface area contributed by atoms with Crippen molar-refractivity contribution >= 4 is 23.1 Å². The second-order valence-electron chi connectivity index (χ2n) is 5.61. The molecule has 0 aliphatic rings. The van der Waals surface area contributed by atoms with E-state index in [0.29, 0.717) is 11.0 Å². The summed E-state index contributed by atoms with van der Waals surface area (Å²) >= 11 is 0. The molecule has 7 nitrogen and oxygen atoms in total. The minimum Gasteiger partial charge on any atom is -0.504 e. The molecule has 0 saturated heterocycles. The van der Waals surface area contributed by atoms with E-state index in [1.54, 1.807) is 12.1 Å².